The van der Waals surface area contributed by atoms with E-state index in [1.807, 2.05) is 0 Å². The van der Waals surface area contributed by atoms with Gasteiger partial charge in [0.15, 0.2) is 0 Å². The Kier molecular flexibility index (Phi) is 5.78. The van der Waals surface area contributed by atoms with Crippen LogP contribution in [0.25, 0.3) is 0 Å². The van der Waals surface area contributed by atoms with Gasteiger partial charge >= 0.3 is 5.97 Å². The first-order valence-electron chi connectivity index (χ1n) is 6.56. The number of phenolic OH excluding ortho intramolecular Hbond substituents is 1. The van der Waals surface area contributed by atoms with Crippen molar-refractivity contribution in [3.05, 3.63) is 26.6 Å². The normalized spacial score (nSPS) is 19.5. The monoisotopic (exact) mass is 419 g/mol. The first-order valence-corrected chi connectivity index (χ1v) is 8.14. The van der Waals surface area contributed by atoms with Crippen LogP contribution < -0.4 is 0 Å². The summed E-state index contributed by atoms with van der Waals surface area (Å²) in [6.07, 6.45) is 2.55. The van der Waals surface area contributed by atoms with Gasteiger partial charge < -0.3 is 14.9 Å². The lowest BCUT2D eigenvalue weighted by atomic mass is 10.1. The van der Waals surface area contributed by atoms with Crippen LogP contribution in [0.2, 0.25) is 0 Å². The number of ether oxygens (including phenoxy) is 1. The van der Waals surface area contributed by atoms with E-state index in [2.05, 4.69) is 36.9 Å². The molecular weight excluding hydrogens is 406 g/mol. The Morgan fingerprint density at radius 3 is 2.52 bits per heavy atom. The summed E-state index contributed by atoms with van der Waals surface area (Å²) >= 11 is 6.46. The summed E-state index contributed by atoms with van der Waals surface area (Å²) in [5.41, 5.74) is 0.801. The summed E-state index contributed by atoms with van der Waals surface area (Å²) in [6.45, 7) is 0.622. The third kappa shape index (κ3) is 4.52. The van der Waals surface area contributed by atoms with E-state index in [0.717, 1.165) is 24.8 Å². The van der Waals surface area contributed by atoms with Crippen molar-refractivity contribution in [2.45, 2.75) is 31.9 Å². The quantitative estimate of drug-likeness (QED) is 0.730. The highest BCUT2D eigenvalue weighted by Gasteiger charge is 2.18. The molecule has 0 aromatic heterocycles. The Bertz CT molecular complexity index is 545. The Balaban J connectivity index is 2.20. The molecule has 21 heavy (non-hydrogen) atoms. The van der Waals surface area contributed by atoms with Gasteiger partial charge in [-0.15, -0.1) is 0 Å². The molecule has 2 N–H and O–H groups in total. The Hall–Kier alpha value is -0.920. The van der Waals surface area contributed by atoms with E-state index in [-0.39, 0.29) is 24.1 Å². The van der Waals surface area contributed by atoms with Crippen molar-refractivity contribution in [2.24, 2.45) is 4.99 Å². The van der Waals surface area contributed by atoms with E-state index in [1.165, 1.54) is 0 Å². The van der Waals surface area contributed by atoms with Gasteiger partial charge in [-0.25, -0.2) is 4.79 Å². The summed E-state index contributed by atoms with van der Waals surface area (Å²) in [5, 5.41) is 19.0. The van der Waals surface area contributed by atoms with Gasteiger partial charge in [0.2, 0.25) is 0 Å². The molecule has 1 aromatic carbocycles. The molecule has 0 saturated carbocycles. The van der Waals surface area contributed by atoms with Crippen LogP contribution in [0.3, 0.4) is 0 Å². The van der Waals surface area contributed by atoms with E-state index < -0.39 is 5.97 Å². The zero-order valence-corrected chi connectivity index (χ0v) is 14.4. The number of carboxylic acids is 1. The number of aliphatic imine (C=N–C) groups is 1. The first-order chi connectivity index (χ1) is 9.97. The van der Waals surface area contributed by atoms with Crippen molar-refractivity contribution in [1.82, 2.24) is 0 Å². The van der Waals surface area contributed by atoms with Crippen molar-refractivity contribution in [3.63, 3.8) is 0 Å². The molecular formula is C14H15Br2NO4. The van der Waals surface area contributed by atoms with Gasteiger partial charge in [0.1, 0.15) is 17.7 Å². The van der Waals surface area contributed by atoms with Gasteiger partial charge in [0.25, 0.3) is 0 Å². The lowest BCUT2D eigenvalue weighted by Gasteiger charge is -2.19. The average Bonchev–Trinajstić information content (AvgIpc) is 2.45. The van der Waals surface area contributed by atoms with Gasteiger partial charge in [0, 0.05) is 13.0 Å². The highest BCUT2D eigenvalue weighted by Crippen LogP contribution is 2.33. The molecule has 1 heterocycles. The number of aromatic hydroxyl groups is 1. The fraction of sp³-hybridized carbons (Fsp3) is 0.429. The molecule has 0 aliphatic carbocycles. The number of carboxylic acid groups (broad SMARTS) is 1. The molecule has 1 aliphatic heterocycles. The van der Waals surface area contributed by atoms with Crippen LogP contribution in [-0.2, 0) is 16.0 Å². The van der Waals surface area contributed by atoms with Crippen LogP contribution in [-0.4, -0.2) is 34.7 Å². The van der Waals surface area contributed by atoms with Crippen LogP contribution >= 0.6 is 31.9 Å². The van der Waals surface area contributed by atoms with Crippen LogP contribution in [0.1, 0.15) is 24.8 Å². The van der Waals surface area contributed by atoms with E-state index >= 15 is 0 Å². The highest BCUT2D eigenvalue weighted by atomic mass is 79.9. The Labute approximate surface area is 139 Å². The Morgan fingerprint density at radius 2 is 2.00 bits per heavy atom. The third-order valence-electron chi connectivity index (χ3n) is 3.15. The standard InChI is InChI=1S/C14H15Br2NO4/c15-9-5-8(6-10(16)13(9)18)7-11(14(19)20)17-12-3-1-2-4-21-12/h5-6,12,18H,1-4,7H2,(H,19,20)/b17-11-. The molecule has 2 rings (SSSR count). The summed E-state index contributed by atoms with van der Waals surface area (Å²) in [4.78, 5) is 15.6. The molecule has 1 unspecified atom stereocenters. The first kappa shape index (κ1) is 16.5. The zero-order valence-electron chi connectivity index (χ0n) is 11.2. The van der Waals surface area contributed by atoms with Gasteiger partial charge in [-0.1, -0.05) is 0 Å². The summed E-state index contributed by atoms with van der Waals surface area (Å²) in [6, 6.07) is 3.36. The van der Waals surface area contributed by atoms with E-state index in [1.54, 1.807) is 12.1 Å². The van der Waals surface area contributed by atoms with Crippen molar-refractivity contribution >= 4 is 43.5 Å². The lowest BCUT2D eigenvalue weighted by molar-refractivity contribution is -0.129. The van der Waals surface area contributed by atoms with Crippen molar-refractivity contribution < 1.29 is 19.7 Å². The van der Waals surface area contributed by atoms with Gasteiger partial charge in [-0.2, -0.15) is 0 Å². The van der Waals surface area contributed by atoms with Crippen molar-refractivity contribution in [2.75, 3.05) is 6.61 Å². The average molecular weight is 421 g/mol. The van der Waals surface area contributed by atoms with Gasteiger partial charge in [-0.05, 0) is 68.8 Å². The number of nitrogens with zero attached hydrogens (tertiary/aromatic N) is 1. The highest BCUT2D eigenvalue weighted by molar-refractivity contribution is 9.11. The molecule has 7 heteroatoms. The second kappa shape index (κ2) is 7.38. The largest absolute Gasteiger partial charge is 0.506 e. The molecule has 1 fully saturated rings. The molecule has 0 bridgehead atoms. The number of hydrogen-bond acceptors (Lipinski definition) is 4. The summed E-state index contributed by atoms with van der Waals surface area (Å²) in [5.74, 6) is -0.965. The minimum Gasteiger partial charge on any atom is -0.506 e. The van der Waals surface area contributed by atoms with Crippen molar-refractivity contribution in [3.8, 4) is 5.75 Å². The summed E-state index contributed by atoms with van der Waals surface area (Å²) < 4.78 is 6.46. The number of hydrogen-bond donors (Lipinski definition) is 2. The number of aliphatic carboxylic acids is 1. The van der Waals surface area contributed by atoms with E-state index in [4.69, 9.17) is 4.74 Å². The molecule has 0 amide bonds. The molecule has 1 aromatic rings. The third-order valence-corrected chi connectivity index (χ3v) is 4.36. The maximum Gasteiger partial charge on any atom is 0.350 e. The lowest BCUT2D eigenvalue weighted by Crippen LogP contribution is -2.23. The minimum atomic E-state index is -1.05. The molecule has 1 saturated heterocycles. The summed E-state index contributed by atoms with van der Waals surface area (Å²) in [7, 11) is 0. The number of phenols is 1. The minimum absolute atomic E-state index is 0.0615. The molecule has 114 valence electrons. The molecule has 1 aliphatic rings. The predicted octanol–water partition coefficient (Wildman–Crippen LogP) is 3.51. The zero-order chi connectivity index (χ0) is 15.4. The maximum atomic E-state index is 11.4. The van der Waals surface area contributed by atoms with E-state index in [9.17, 15) is 15.0 Å². The molecule has 0 spiro atoms. The van der Waals surface area contributed by atoms with Crippen LogP contribution in [0.5, 0.6) is 5.75 Å². The fourth-order valence-corrected chi connectivity index (χ4v) is 3.37. The van der Waals surface area contributed by atoms with Gasteiger partial charge in [-0.3, -0.25) is 4.99 Å². The molecule has 5 nitrogen and oxygen atoms in total. The maximum absolute atomic E-state index is 11.4. The number of halogens is 2. The van der Waals surface area contributed by atoms with E-state index in [0.29, 0.717) is 15.6 Å². The van der Waals surface area contributed by atoms with Crippen LogP contribution in [0.4, 0.5) is 0 Å². The second-order valence-electron chi connectivity index (χ2n) is 4.79. The number of rotatable bonds is 4. The number of carbonyl (C=O) groups is 1. The SMILES string of the molecule is O=C(O)/C(Cc1cc(Br)c(O)c(Br)c1)=N\C1CCCCO1. The van der Waals surface area contributed by atoms with Crippen LogP contribution in [0, 0.1) is 0 Å². The fourth-order valence-electron chi connectivity index (χ4n) is 2.09. The molecule has 1 atom stereocenters. The second-order valence-corrected chi connectivity index (χ2v) is 6.50. The predicted molar refractivity (Wildman–Crippen MR) is 85.9 cm³/mol. The number of benzene rings is 1. The van der Waals surface area contributed by atoms with Crippen LogP contribution in [0.15, 0.2) is 26.1 Å². The molecule has 0 radical (unpaired) electrons. The van der Waals surface area contributed by atoms with Crippen molar-refractivity contribution in [1.29, 1.82) is 0 Å². The Morgan fingerprint density at radius 1 is 1.33 bits per heavy atom. The van der Waals surface area contributed by atoms with Gasteiger partial charge in [0.05, 0.1) is 8.95 Å². The topological polar surface area (TPSA) is 79.1 Å². The smallest absolute Gasteiger partial charge is 0.350 e.